The van der Waals surface area contributed by atoms with Gasteiger partial charge in [-0.1, -0.05) is 70.5 Å². The normalized spacial score (nSPS) is 25.5. The summed E-state index contributed by atoms with van der Waals surface area (Å²) < 4.78 is 12.8. The van der Waals surface area contributed by atoms with Gasteiger partial charge in [-0.25, -0.2) is 9.69 Å². The van der Waals surface area contributed by atoms with Crippen molar-refractivity contribution in [2.75, 3.05) is 11.5 Å². The zero-order chi connectivity index (χ0) is 33.0. The van der Waals surface area contributed by atoms with Gasteiger partial charge in [-0.05, 0) is 126 Å². The molecule has 4 bridgehead atoms. The van der Waals surface area contributed by atoms with Gasteiger partial charge in [-0.2, -0.15) is 0 Å². The second-order valence-electron chi connectivity index (χ2n) is 13.9. The first-order valence-electron chi connectivity index (χ1n) is 16.9. The van der Waals surface area contributed by atoms with Crippen LogP contribution in [-0.4, -0.2) is 24.5 Å². The largest absolute Gasteiger partial charge is 0.490 e. The maximum Gasteiger partial charge on any atom is 0.335 e. The number of imide groups is 2. The molecule has 9 rings (SSSR count). The van der Waals surface area contributed by atoms with E-state index < -0.39 is 17.8 Å². The van der Waals surface area contributed by atoms with Crippen molar-refractivity contribution in [1.29, 1.82) is 0 Å². The van der Waals surface area contributed by atoms with Crippen LogP contribution in [0.3, 0.4) is 0 Å². The number of fused-ring (bicyclic) bond motifs is 1. The average Bonchev–Trinajstić information content (AvgIpc) is 3.07. The summed E-state index contributed by atoms with van der Waals surface area (Å²) in [5, 5.41) is 4.61. The number of carbonyl (C=O) groups is 3. The molecule has 4 aromatic rings. The Morgan fingerprint density at radius 3 is 2.23 bits per heavy atom. The Morgan fingerprint density at radius 1 is 0.854 bits per heavy atom. The zero-order valence-electron chi connectivity index (χ0n) is 26.8. The van der Waals surface area contributed by atoms with Crippen LogP contribution in [-0.2, 0) is 21.6 Å². The number of carbonyl (C=O) groups excluding carboxylic acids is 3. The van der Waals surface area contributed by atoms with Gasteiger partial charge in [0.05, 0.1) is 12.3 Å². The van der Waals surface area contributed by atoms with Crippen molar-refractivity contribution < 1.29 is 23.9 Å². The van der Waals surface area contributed by atoms with Gasteiger partial charge >= 0.3 is 6.03 Å². The maximum atomic E-state index is 13.8. The number of benzene rings is 4. The minimum absolute atomic E-state index is 0.146. The molecular weight excluding hydrogens is 668 g/mol. The van der Waals surface area contributed by atoms with Crippen LogP contribution in [0, 0.1) is 17.8 Å². The molecule has 244 valence electrons. The van der Waals surface area contributed by atoms with Gasteiger partial charge in [-0.15, -0.1) is 0 Å². The first-order valence-corrected chi connectivity index (χ1v) is 17.7. The maximum absolute atomic E-state index is 13.8. The van der Waals surface area contributed by atoms with E-state index in [1.807, 2.05) is 43.3 Å². The molecule has 1 heterocycles. The highest BCUT2D eigenvalue weighted by molar-refractivity contribution is 9.10. The number of rotatable bonds is 8. The Kier molecular flexibility index (Phi) is 7.86. The van der Waals surface area contributed by atoms with Crippen LogP contribution >= 0.6 is 15.9 Å². The van der Waals surface area contributed by atoms with Crippen molar-refractivity contribution in [2.45, 2.75) is 57.5 Å². The van der Waals surface area contributed by atoms with Crippen molar-refractivity contribution in [2.24, 2.45) is 17.8 Å². The van der Waals surface area contributed by atoms with Crippen molar-refractivity contribution in [1.82, 2.24) is 5.32 Å². The quantitative estimate of drug-likeness (QED) is 0.147. The number of anilines is 1. The van der Waals surface area contributed by atoms with Crippen molar-refractivity contribution in [3.63, 3.8) is 0 Å². The second-order valence-corrected chi connectivity index (χ2v) is 14.7. The van der Waals surface area contributed by atoms with E-state index in [2.05, 4.69) is 51.6 Å². The van der Waals surface area contributed by atoms with E-state index in [1.54, 1.807) is 12.1 Å². The summed E-state index contributed by atoms with van der Waals surface area (Å²) in [5.41, 5.74) is 3.39. The number of hydrogen-bond acceptors (Lipinski definition) is 5. The van der Waals surface area contributed by atoms with Crippen LogP contribution in [0.1, 0.15) is 62.1 Å². The van der Waals surface area contributed by atoms with Crippen molar-refractivity contribution >= 4 is 56.3 Å². The molecule has 0 aromatic heterocycles. The molecule has 0 atom stereocenters. The van der Waals surface area contributed by atoms with Gasteiger partial charge in [0.15, 0.2) is 11.5 Å². The van der Waals surface area contributed by atoms with E-state index in [1.165, 1.54) is 50.2 Å². The number of nitrogens with zero attached hydrogens (tertiary/aromatic N) is 1. The number of barbiturate groups is 1. The monoisotopic (exact) mass is 704 g/mol. The summed E-state index contributed by atoms with van der Waals surface area (Å²) in [6.07, 6.45) is 9.28. The van der Waals surface area contributed by atoms with E-state index in [0.29, 0.717) is 40.4 Å². The number of ether oxygens (including phenoxy) is 2. The number of hydrogen-bond donors (Lipinski definition) is 1. The second kappa shape index (κ2) is 12.2. The first kappa shape index (κ1) is 30.9. The lowest BCUT2D eigenvalue weighted by Crippen LogP contribution is -2.54. The fraction of sp³-hybridized carbons (Fsp3) is 0.325. The number of amides is 4. The summed E-state index contributed by atoms with van der Waals surface area (Å²) in [6, 6.07) is 24.9. The van der Waals surface area contributed by atoms with Crippen LogP contribution in [0.4, 0.5) is 10.5 Å². The van der Waals surface area contributed by atoms with Crippen molar-refractivity contribution in [3.05, 3.63) is 106 Å². The predicted octanol–water partition coefficient (Wildman–Crippen LogP) is 8.71. The van der Waals surface area contributed by atoms with Crippen LogP contribution in [0.15, 0.2) is 88.9 Å². The number of urea groups is 1. The van der Waals surface area contributed by atoms with Gasteiger partial charge in [0.2, 0.25) is 0 Å². The Hall–Kier alpha value is -4.43. The predicted molar refractivity (Wildman–Crippen MR) is 189 cm³/mol. The van der Waals surface area contributed by atoms with Crippen LogP contribution < -0.4 is 19.7 Å². The molecule has 5 aliphatic rings. The van der Waals surface area contributed by atoms with Crippen LogP contribution in [0.5, 0.6) is 11.5 Å². The van der Waals surface area contributed by atoms with Gasteiger partial charge < -0.3 is 9.47 Å². The van der Waals surface area contributed by atoms with Crippen LogP contribution in [0.2, 0.25) is 0 Å². The lowest BCUT2D eigenvalue weighted by Gasteiger charge is -2.57. The average molecular weight is 706 g/mol. The highest BCUT2D eigenvalue weighted by Gasteiger charge is 2.51. The van der Waals surface area contributed by atoms with Gasteiger partial charge in [-0.3, -0.25) is 14.9 Å². The van der Waals surface area contributed by atoms with E-state index in [4.69, 9.17) is 9.47 Å². The smallest absolute Gasteiger partial charge is 0.335 e. The van der Waals surface area contributed by atoms with E-state index in [9.17, 15) is 14.4 Å². The molecule has 0 radical (unpaired) electrons. The van der Waals surface area contributed by atoms with Gasteiger partial charge in [0.1, 0.15) is 12.2 Å². The fourth-order valence-corrected chi connectivity index (χ4v) is 9.53. The highest BCUT2D eigenvalue weighted by Crippen LogP contribution is 2.60. The summed E-state index contributed by atoms with van der Waals surface area (Å²) in [5.74, 6) is 2.03. The minimum Gasteiger partial charge on any atom is -0.490 e. The molecule has 4 aromatic carbocycles. The Morgan fingerprint density at radius 2 is 1.52 bits per heavy atom. The third kappa shape index (κ3) is 5.50. The highest BCUT2D eigenvalue weighted by atomic mass is 79.9. The molecule has 1 saturated heterocycles. The Balaban J connectivity index is 1.05. The Labute approximate surface area is 288 Å². The zero-order valence-corrected chi connectivity index (χ0v) is 28.4. The molecular formula is C40H37BrN2O5. The number of halogens is 1. The van der Waals surface area contributed by atoms with E-state index >= 15 is 0 Å². The Bertz CT molecular complexity index is 1940. The van der Waals surface area contributed by atoms with Gasteiger partial charge in [0.25, 0.3) is 11.8 Å². The fourth-order valence-electron chi connectivity index (χ4n) is 9.09. The third-order valence-corrected chi connectivity index (χ3v) is 11.5. The van der Waals surface area contributed by atoms with Gasteiger partial charge in [0, 0.05) is 4.47 Å². The molecule has 0 spiro atoms. The van der Waals surface area contributed by atoms with Crippen LogP contribution in [0.25, 0.3) is 16.8 Å². The standard InChI is InChI=1S/C40H37BrN2O5/c1-2-47-35-18-29(34(41)19-36(35)48-23-28-8-5-7-27-6-3-4-9-32(27)28)17-33-37(44)42-39(46)43(38(33)45)31-12-10-30(11-13-31)40-20-24-14-25(21-40)16-26(15-24)22-40/h3-13,17-19,24-26H,2,14-16,20-23H2,1H3,(H,42,44,46)/b33-17+. The lowest BCUT2D eigenvalue weighted by molar-refractivity contribution is -0.122. The number of nitrogens with one attached hydrogen (secondary N) is 1. The molecule has 48 heavy (non-hydrogen) atoms. The lowest BCUT2D eigenvalue weighted by atomic mass is 9.48. The molecule has 5 fully saturated rings. The molecule has 4 aliphatic carbocycles. The third-order valence-electron chi connectivity index (χ3n) is 10.8. The summed E-state index contributed by atoms with van der Waals surface area (Å²) in [6.45, 7) is 2.60. The topological polar surface area (TPSA) is 84.9 Å². The molecule has 7 nitrogen and oxygen atoms in total. The summed E-state index contributed by atoms with van der Waals surface area (Å²) in [7, 11) is 0. The SMILES string of the molecule is CCOc1cc(/C=C2\C(=O)NC(=O)N(c3ccc(C45CC6CC(CC(C6)C4)C5)cc3)C2=O)c(Br)cc1OCc1cccc2ccccc12. The van der Waals surface area contributed by atoms with E-state index in [0.717, 1.165) is 39.0 Å². The van der Waals surface area contributed by atoms with Crippen molar-refractivity contribution in [3.8, 4) is 11.5 Å². The van der Waals surface area contributed by atoms with E-state index in [-0.39, 0.29) is 11.0 Å². The summed E-state index contributed by atoms with van der Waals surface area (Å²) >= 11 is 3.61. The minimum atomic E-state index is -0.754. The first-order chi connectivity index (χ1) is 23.3. The molecule has 1 aliphatic heterocycles. The molecule has 8 heteroatoms. The molecule has 1 N–H and O–H groups in total. The molecule has 0 unspecified atom stereocenters. The molecule has 4 saturated carbocycles. The summed E-state index contributed by atoms with van der Waals surface area (Å²) in [4.78, 5) is 41.0. The molecule has 4 amide bonds.